The van der Waals surface area contributed by atoms with Crippen molar-refractivity contribution < 1.29 is 14.0 Å². The molecular formula is C15H24NO2+. The Morgan fingerprint density at radius 1 is 1.28 bits per heavy atom. The Bertz CT molecular complexity index is 355. The van der Waals surface area contributed by atoms with Crippen molar-refractivity contribution in [1.82, 2.24) is 0 Å². The molecule has 1 aromatic rings. The number of benzene rings is 1. The first-order chi connectivity index (χ1) is 8.72. The summed E-state index contributed by atoms with van der Waals surface area (Å²) < 4.78 is 12.3. The van der Waals surface area contributed by atoms with Crippen LogP contribution in [0.15, 0.2) is 30.3 Å². The molecule has 0 bridgehead atoms. The fourth-order valence-corrected chi connectivity index (χ4v) is 2.52. The number of ether oxygens (including phenoxy) is 2. The molecule has 0 saturated carbocycles. The topological polar surface area (TPSA) is 18.5 Å². The van der Waals surface area contributed by atoms with Crippen LogP contribution >= 0.6 is 0 Å². The minimum absolute atomic E-state index is 0.00859. The standard InChI is InChI=1S/C15H24NO2/c1-3-17-15-9-10-16(2,11-12-18-15)13-14-7-5-4-6-8-14/h4-8,15H,3,9-13H2,1-2H3/q+1. The summed E-state index contributed by atoms with van der Waals surface area (Å²) in [6.07, 6.45) is 0.975. The Morgan fingerprint density at radius 3 is 2.78 bits per heavy atom. The number of likely N-dealkylation sites (N-methyl/N-ethyl adjacent to an activating group) is 1. The van der Waals surface area contributed by atoms with Crippen LogP contribution in [0.2, 0.25) is 0 Å². The minimum atomic E-state index is -0.00859. The third-order valence-corrected chi connectivity index (χ3v) is 3.60. The normalized spacial score (nSPS) is 28.9. The highest BCUT2D eigenvalue weighted by atomic mass is 16.7. The van der Waals surface area contributed by atoms with Crippen LogP contribution in [0.4, 0.5) is 0 Å². The molecule has 1 aliphatic heterocycles. The maximum atomic E-state index is 5.74. The monoisotopic (exact) mass is 250 g/mol. The van der Waals surface area contributed by atoms with E-state index in [1.807, 2.05) is 6.92 Å². The van der Waals surface area contributed by atoms with Crippen molar-refractivity contribution in [3.63, 3.8) is 0 Å². The molecule has 0 aliphatic carbocycles. The summed E-state index contributed by atoms with van der Waals surface area (Å²) in [7, 11) is 2.31. The van der Waals surface area contributed by atoms with E-state index in [1.54, 1.807) is 0 Å². The number of quaternary nitrogens is 1. The van der Waals surface area contributed by atoms with E-state index < -0.39 is 0 Å². The summed E-state index contributed by atoms with van der Waals surface area (Å²) in [5.41, 5.74) is 1.40. The smallest absolute Gasteiger partial charge is 0.163 e. The van der Waals surface area contributed by atoms with Crippen molar-refractivity contribution in [2.75, 3.05) is 33.4 Å². The Hall–Kier alpha value is -0.900. The lowest BCUT2D eigenvalue weighted by atomic mass is 10.2. The van der Waals surface area contributed by atoms with Crippen molar-refractivity contribution in [3.05, 3.63) is 35.9 Å². The molecule has 1 fully saturated rings. The van der Waals surface area contributed by atoms with Gasteiger partial charge in [-0.05, 0) is 6.92 Å². The highest BCUT2D eigenvalue weighted by Crippen LogP contribution is 2.18. The Labute approximate surface area is 110 Å². The second-order valence-electron chi connectivity index (χ2n) is 5.25. The second kappa shape index (κ2) is 6.32. The van der Waals surface area contributed by atoms with Gasteiger partial charge in [-0.1, -0.05) is 30.3 Å². The molecule has 0 N–H and O–H groups in total. The molecule has 1 aromatic carbocycles. The second-order valence-corrected chi connectivity index (χ2v) is 5.25. The van der Waals surface area contributed by atoms with Crippen LogP contribution in [0, 0.1) is 0 Å². The molecule has 3 nitrogen and oxygen atoms in total. The number of hydrogen-bond acceptors (Lipinski definition) is 2. The van der Waals surface area contributed by atoms with Crippen LogP contribution < -0.4 is 0 Å². The van der Waals surface area contributed by atoms with Crippen molar-refractivity contribution in [3.8, 4) is 0 Å². The third-order valence-electron chi connectivity index (χ3n) is 3.60. The molecule has 0 spiro atoms. The molecule has 2 rings (SSSR count). The Balaban J connectivity index is 1.95. The summed E-state index contributed by atoms with van der Waals surface area (Å²) in [5.74, 6) is 0. The molecular weight excluding hydrogens is 226 g/mol. The molecule has 1 saturated heterocycles. The predicted molar refractivity (Wildman–Crippen MR) is 72.0 cm³/mol. The molecule has 2 atom stereocenters. The SMILES string of the molecule is CCOC1CC[N+](C)(Cc2ccccc2)CCO1. The van der Waals surface area contributed by atoms with E-state index in [1.165, 1.54) is 5.56 Å². The summed E-state index contributed by atoms with van der Waals surface area (Å²) in [4.78, 5) is 0. The molecule has 3 heteroatoms. The van der Waals surface area contributed by atoms with E-state index in [9.17, 15) is 0 Å². The predicted octanol–water partition coefficient (Wildman–Crippen LogP) is 2.42. The first-order valence-corrected chi connectivity index (χ1v) is 6.82. The largest absolute Gasteiger partial charge is 0.353 e. The van der Waals surface area contributed by atoms with Crippen LogP contribution in [0.25, 0.3) is 0 Å². The zero-order valence-corrected chi connectivity index (χ0v) is 11.5. The molecule has 1 heterocycles. The Morgan fingerprint density at radius 2 is 2.06 bits per heavy atom. The van der Waals surface area contributed by atoms with Crippen molar-refractivity contribution >= 4 is 0 Å². The van der Waals surface area contributed by atoms with Crippen LogP contribution in [-0.2, 0) is 16.0 Å². The lowest BCUT2D eigenvalue weighted by Gasteiger charge is -2.32. The van der Waals surface area contributed by atoms with Gasteiger partial charge in [0.15, 0.2) is 6.29 Å². The highest BCUT2D eigenvalue weighted by Gasteiger charge is 2.28. The molecule has 0 aromatic heterocycles. The maximum absolute atomic E-state index is 5.74. The fraction of sp³-hybridized carbons (Fsp3) is 0.600. The lowest BCUT2D eigenvalue weighted by molar-refractivity contribution is -0.921. The van der Waals surface area contributed by atoms with Crippen LogP contribution in [0.5, 0.6) is 0 Å². The van der Waals surface area contributed by atoms with Gasteiger partial charge in [0.25, 0.3) is 0 Å². The fourth-order valence-electron chi connectivity index (χ4n) is 2.52. The molecule has 0 radical (unpaired) electrons. The van der Waals surface area contributed by atoms with Gasteiger partial charge in [0.1, 0.15) is 13.1 Å². The zero-order chi connectivity index (χ0) is 12.8. The molecule has 2 unspecified atom stereocenters. The Kier molecular flexibility index (Phi) is 4.75. The van der Waals surface area contributed by atoms with E-state index in [-0.39, 0.29) is 6.29 Å². The third kappa shape index (κ3) is 3.80. The van der Waals surface area contributed by atoms with E-state index in [0.29, 0.717) is 0 Å². The first-order valence-electron chi connectivity index (χ1n) is 6.82. The van der Waals surface area contributed by atoms with E-state index in [2.05, 4.69) is 37.4 Å². The van der Waals surface area contributed by atoms with Gasteiger partial charge in [0.2, 0.25) is 0 Å². The van der Waals surface area contributed by atoms with Gasteiger partial charge in [0.05, 0.1) is 20.2 Å². The van der Waals surface area contributed by atoms with Crippen LogP contribution in [0.1, 0.15) is 18.9 Å². The van der Waals surface area contributed by atoms with Gasteiger partial charge in [-0.3, -0.25) is 0 Å². The number of rotatable bonds is 4. The van der Waals surface area contributed by atoms with E-state index in [0.717, 1.165) is 43.8 Å². The van der Waals surface area contributed by atoms with Crippen molar-refractivity contribution in [2.24, 2.45) is 0 Å². The van der Waals surface area contributed by atoms with Gasteiger partial charge in [-0.25, -0.2) is 0 Å². The summed E-state index contributed by atoms with van der Waals surface area (Å²) in [5, 5.41) is 0. The lowest BCUT2D eigenvalue weighted by Crippen LogP contribution is -2.45. The van der Waals surface area contributed by atoms with E-state index >= 15 is 0 Å². The summed E-state index contributed by atoms with van der Waals surface area (Å²) in [6, 6.07) is 10.7. The maximum Gasteiger partial charge on any atom is 0.163 e. The number of nitrogens with zero attached hydrogens (tertiary/aromatic N) is 1. The molecule has 18 heavy (non-hydrogen) atoms. The summed E-state index contributed by atoms with van der Waals surface area (Å²) in [6.45, 7) is 6.77. The summed E-state index contributed by atoms with van der Waals surface area (Å²) >= 11 is 0. The molecule has 100 valence electrons. The average Bonchev–Trinajstić information content (AvgIpc) is 2.54. The van der Waals surface area contributed by atoms with Gasteiger partial charge in [-0.15, -0.1) is 0 Å². The van der Waals surface area contributed by atoms with Gasteiger partial charge >= 0.3 is 0 Å². The highest BCUT2D eigenvalue weighted by molar-refractivity contribution is 5.13. The number of hydrogen-bond donors (Lipinski definition) is 0. The van der Waals surface area contributed by atoms with Crippen molar-refractivity contribution in [2.45, 2.75) is 26.2 Å². The van der Waals surface area contributed by atoms with Gasteiger partial charge in [-0.2, -0.15) is 0 Å². The molecule has 0 amide bonds. The first kappa shape index (κ1) is 13.5. The van der Waals surface area contributed by atoms with E-state index in [4.69, 9.17) is 9.47 Å². The minimum Gasteiger partial charge on any atom is -0.353 e. The van der Waals surface area contributed by atoms with Crippen LogP contribution in [0.3, 0.4) is 0 Å². The quantitative estimate of drug-likeness (QED) is 0.764. The molecule has 1 aliphatic rings. The zero-order valence-electron chi connectivity index (χ0n) is 11.5. The van der Waals surface area contributed by atoms with Crippen molar-refractivity contribution in [1.29, 1.82) is 0 Å². The van der Waals surface area contributed by atoms with Gasteiger partial charge in [0, 0.05) is 18.6 Å². The average molecular weight is 250 g/mol. The van der Waals surface area contributed by atoms with Crippen LogP contribution in [-0.4, -0.2) is 44.1 Å². The van der Waals surface area contributed by atoms with Gasteiger partial charge < -0.3 is 14.0 Å².